The summed E-state index contributed by atoms with van der Waals surface area (Å²) < 4.78 is 2.14. The lowest BCUT2D eigenvalue weighted by Crippen LogP contribution is -2.27. The van der Waals surface area contributed by atoms with Gasteiger partial charge in [0, 0.05) is 19.6 Å². The third kappa shape index (κ3) is 4.31. The highest BCUT2D eigenvalue weighted by molar-refractivity contribution is 9.10. The van der Waals surface area contributed by atoms with Gasteiger partial charge in [0.05, 0.1) is 11.9 Å². The average Bonchev–Trinajstić information content (AvgIpc) is 3.21. The summed E-state index contributed by atoms with van der Waals surface area (Å²) in [6.07, 6.45) is 5.29. The van der Waals surface area contributed by atoms with E-state index in [-0.39, 0.29) is 5.56 Å². The summed E-state index contributed by atoms with van der Waals surface area (Å²) in [5.74, 6) is 0.647. The lowest BCUT2D eigenvalue weighted by Gasteiger charge is -2.10. The molecule has 0 amide bonds. The molecule has 1 fully saturated rings. The van der Waals surface area contributed by atoms with Crippen molar-refractivity contribution in [1.29, 1.82) is 0 Å². The number of hydrogen-bond acceptors (Lipinski definition) is 4. The Morgan fingerprint density at radius 1 is 1.42 bits per heavy atom. The van der Waals surface area contributed by atoms with Crippen LogP contribution in [0, 0.1) is 5.92 Å². The van der Waals surface area contributed by atoms with Crippen LogP contribution in [0.4, 0.5) is 5.69 Å². The minimum absolute atomic E-state index is 0.0431. The smallest absolute Gasteiger partial charge is 0.283 e. The molecule has 1 heterocycles. The van der Waals surface area contributed by atoms with Crippen molar-refractivity contribution in [2.24, 2.45) is 5.92 Å². The molecule has 1 aliphatic carbocycles. The second-order valence-corrected chi connectivity index (χ2v) is 5.77. The fourth-order valence-electron chi connectivity index (χ4n) is 1.85. The molecule has 2 rings (SSSR count). The first-order chi connectivity index (χ1) is 9.22. The molecular weight excluding hydrogens is 308 g/mol. The molecule has 0 radical (unpaired) electrons. The van der Waals surface area contributed by atoms with Crippen LogP contribution in [0.25, 0.3) is 0 Å². The third-order valence-electron chi connectivity index (χ3n) is 3.16. The monoisotopic (exact) mass is 328 g/mol. The zero-order valence-electron chi connectivity index (χ0n) is 11.3. The molecule has 1 aromatic heterocycles. The van der Waals surface area contributed by atoms with Gasteiger partial charge in [-0.25, -0.2) is 4.68 Å². The Bertz CT molecular complexity index is 470. The molecule has 106 valence electrons. The van der Waals surface area contributed by atoms with E-state index in [2.05, 4.69) is 38.6 Å². The Morgan fingerprint density at radius 3 is 2.89 bits per heavy atom. The van der Waals surface area contributed by atoms with Gasteiger partial charge in [0.1, 0.15) is 4.47 Å². The predicted molar refractivity (Wildman–Crippen MR) is 80.6 cm³/mol. The third-order valence-corrected chi connectivity index (χ3v) is 3.92. The van der Waals surface area contributed by atoms with Gasteiger partial charge in [0.15, 0.2) is 0 Å². The van der Waals surface area contributed by atoms with Gasteiger partial charge < -0.3 is 10.6 Å². The second-order valence-electron chi connectivity index (χ2n) is 4.98. The molecular formula is C13H21BrN4O. The van der Waals surface area contributed by atoms with E-state index in [4.69, 9.17) is 0 Å². The number of nitrogens with one attached hydrogen (secondary N) is 2. The lowest BCUT2D eigenvalue weighted by atomic mass is 10.4. The van der Waals surface area contributed by atoms with E-state index in [0.29, 0.717) is 10.4 Å². The van der Waals surface area contributed by atoms with Crippen LogP contribution in [-0.4, -0.2) is 29.4 Å². The van der Waals surface area contributed by atoms with Crippen LogP contribution in [0.5, 0.6) is 0 Å². The van der Waals surface area contributed by atoms with Crippen LogP contribution in [0.3, 0.4) is 0 Å². The molecule has 1 aromatic rings. The van der Waals surface area contributed by atoms with E-state index in [1.165, 1.54) is 12.8 Å². The Morgan fingerprint density at radius 2 is 2.21 bits per heavy atom. The SMILES string of the molecule is CCCNCCNc1cnn(CC2CC2)c(=O)c1Br. The highest BCUT2D eigenvalue weighted by Gasteiger charge is 2.23. The summed E-state index contributed by atoms with van der Waals surface area (Å²) >= 11 is 3.37. The number of aromatic nitrogens is 2. The van der Waals surface area contributed by atoms with Gasteiger partial charge in [0.2, 0.25) is 0 Å². The van der Waals surface area contributed by atoms with Crippen molar-refractivity contribution in [3.05, 3.63) is 21.0 Å². The number of rotatable bonds is 8. The normalized spacial score (nSPS) is 14.6. The molecule has 0 aromatic carbocycles. The van der Waals surface area contributed by atoms with Gasteiger partial charge in [-0.15, -0.1) is 0 Å². The second kappa shape index (κ2) is 7.05. The van der Waals surface area contributed by atoms with Crippen molar-refractivity contribution in [3.8, 4) is 0 Å². The van der Waals surface area contributed by atoms with Gasteiger partial charge in [0.25, 0.3) is 5.56 Å². The van der Waals surface area contributed by atoms with E-state index in [9.17, 15) is 4.79 Å². The largest absolute Gasteiger partial charge is 0.381 e. The molecule has 0 atom stereocenters. The number of halogens is 1. The van der Waals surface area contributed by atoms with Gasteiger partial charge in [-0.1, -0.05) is 6.92 Å². The van der Waals surface area contributed by atoms with Crippen LogP contribution in [0.1, 0.15) is 26.2 Å². The van der Waals surface area contributed by atoms with E-state index in [1.54, 1.807) is 10.9 Å². The lowest BCUT2D eigenvalue weighted by molar-refractivity contribution is 0.531. The molecule has 1 saturated carbocycles. The van der Waals surface area contributed by atoms with Crippen molar-refractivity contribution in [2.75, 3.05) is 25.0 Å². The molecule has 0 aliphatic heterocycles. The van der Waals surface area contributed by atoms with E-state index in [0.717, 1.165) is 38.3 Å². The van der Waals surface area contributed by atoms with Crippen molar-refractivity contribution in [2.45, 2.75) is 32.7 Å². The number of anilines is 1. The minimum atomic E-state index is -0.0431. The molecule has 6 heteroatoms. The summed E-state index contributed by atoms with van der Waals surface area (Å²) in [4.78, 5) is 12.1. The first-order valence-electron chi connectivity index (χ1n) is 6.92. The summed E-state index contributed by atoms with van der Waals surface area (Å²) in [7, 11) is 0. The van der Waals surface area contributed by atoms with Crippen molar-refractivity contribution in [3.63, 3.8) is 0 Å². The van der Waals surface area contributed by atoms with E-state index in [1.807, 2.05) is 0 Å². The molecule has 2 N–H and O–H groups in total. The Hall–Kier alpha value is -0.880. The predicted octanol–water partition coefficient (Wildman–Crippen LogP) is 1.83. The van der Waals surface area contributed by atoms with Crippen LogP contribution >= 0.6 is 15.9 Å². The van der Waals surface area contributed by atoms with Gasteiger partial charge in [-0.2, -0.15) is 5.10 Å². The fraction of sp³-hybridized carbons (Fsp3) is 0.692. The zero-order valence-corrected chi connectivity index (χ0v) is 12.9. The Balaban J connectivity index is 1.90. The molecule has 0 unspecified atom stereocenters. The highest BCUT2D eigenvalue weighted by Crippen LogP contribution is 2.30. The maximum Gasteiger partial charge on any atom is 0.283 e. The maximum atomic E-state index is 12.1. The molecule has 0 bridgehead atoms. The van der Waals surface area contributed by atoms with Gasteiger partial charge >= 0.3 is 0 Å². The van der Waals surface area contributed by atoms with Gasteiger partial charge in [-0.05, 0) is 47.7 Å². The highest BCUT2D eigenvalue weighted by atomic mass is 79.9. The summed E-state index contributed by atoms with van der Waals surface area (Å²) in [6, 6.07) is 0. The molecule has 5 nitrogen and oxygen atoms in total. The molecule has 1 aliphatic rings. The summed E-state index contributed by atoms with van der Waals surface area (Å²) in [6.45, 7) is 5.57. The molecule has 0 saturated heterocycles. The maximum absolute atomic E-state index is 12.1. The van der Waals surface area contributed by atoms with Crippen LogP contribution < -0.4 is 16.2 Å². The van der Waals surface area contributed by atoms with E-state index < -0.39 is 0 Å². The molecule has 0 spiro atoms. The Kier molecular flexibility index (Phi) is 5.39. The van der Waals surface area contributed by atoms with Crippen molar-refractivity contribution >= 4 is 21.6 Å². The van der Waals surface area contributed by atoms with Gasteiger partial charge in [-0.3, -0.25) is 4.79 Å². The number of nitrogens with zero attached hydrogens (tertiary/aromatic N) is 2. The van der Waals surface area contributed by atoms with Crippen molar-refractivity contribution < 1.29 is 0 Å². The first-order valence-corrected chi connectivity index (χ1v) is 7.72. The van der Waals surface area contributed by atoms with Crippen molar-refractivity contribution in [1.82, 2.24) is 15.1 Å². The standard InChI is InChI=1S/C13H21BrN4O/c1-2-5-15-6-7-16-11-8-17-18(9-10-3-4-10)13(19)12(11)14/h8,10,15-16H,2-7,9H2,1H3. The van der Waals surface area contributed by atoms with Crippen LogP contribution in [0.2, 0.25) is 0 Å². The summed E-state index contributed by atoms with van der Waals surface area (Å²) in [5.41, 5.74) is 0.730. The average molecular weight is 329 g/mol. The van der Waals surface area contributed by atoms with Crippen LogP contribution in [-0.2, 0) is 6.54 Å². The Labute approximate surface area is 121 Å². The van der Waals surface area contributed by atoms with E-state index >= 15 is 0 Å². The fourth-order valence-corrected chi connectivity index (χ4v) is 2.30. The number of hydrogen-bond donors (Lipinski definition) is 2. The zero-order chi connectivity index (χ0) is 13.7. The quantitative estimate of drug-likeness (QED) is 0.715. The minimum Gasteiger partial charge on any atom is -0.381 e. The van der Waals surface area contributed by atoms with Crippen LogP contribution in [0.15, 0.2) is 15.5 Å². The topological polar surface area (TPSA) is 59.0 Å². The molecule has 19 heavy (non-hydrogen) atoms. The first kappa shape index (κ1) is 14.5. The summed E-state index contributed by atoms with van der Waals surface area (Å²) in [5, 5.41) is 10.8.